The minimum Gasteiger partial charge on any atom is -0.0710 e. The molecule has 100 valence electrons. The average molecular weight is 244 g/mol. The maximum Gasteiger partial charge on any atom is -0.0289 e. The van der Waals surface area contributed by atoms with Gasteiger partial charge in [0.2, 0.25) is 0 Å². The molecule has 0 nitrogen and oxygen atoms in total. The molecule has 0 amide bonds. The third-order valence-corrected chi connectivity index (χ3v) is 6.75. The van der Waals surface area contributed by atoms with Crippen molar-refractivity contribution in [2.75, 3.05) is 0 Å². The van der Waals surface area contributed by atoms with Crippen molar-refractivity contribution >= 4 is 0 Å². The Hall–Kier alpha value is -0.260. The second kappa shape index (κ2) is 4.69. The fourth-order valence-electron chi connectivity index (χ4n) is 5.59. The standard InChI is InChI=1S/C18H28/c1-2-14-4-6-16-8-7-15-5-3-13(1)11-17(15)9-10-18(16)12-14/h13-15,17H,1-12H2. The van der Waals surface area contributed by atoms with Crippen LogP contribution in [-0.2, 0) is 0 Å². The van der Waals surface area contributed by atoms with Crippen LogP contribution in [0.5, 0.6) is 0 Å². The van der Waals surface area contributed by atoms with E-state index in [1.807, 2.05) is 11.1 Å². The number of hydrogen-bond acceptors (Lipinski definition) is 0. The molecule has 4 aliphatic carbocycles. The number of fused-ring (bicyclic) bond motifs is 3. The number of rotatable bonds is 0. The van der Waals surface area contributed by atoms with E-state index in [1.54, 1.807) is 44.9 Å². The summed E-state index contributed by atoms with van der Waals surface area (Å²) in [5.74, 6) is 4.39. The topological polar surface area (TPSA) is 0 Å². The van der Waals surface area contributed by atoms with Crippen LogP contribution in [0.3, 0.4) is 0 Å². The van der Waals surface area contributed by atoms with Gasteiger partial charge < -0.3 is 0 Å². The largest absolute Gasteiger partial charge is 0.0710 e. The molecule has 0 N–H and O–H groups in total. The molecule has 4 bridgehead atoms. The molecule has 0 aromatic carbocycles. The molecule has 0 aromatic heterocycles. The zero-order valence-electron chi connectivity index (χ0n) is 11.8. The van der Waals surface area contributed by atoms with Crippen LogP contribution in [0.25, 0.3) is 0 Å². The Labute approximate surface area is 112 Å². The molecule has 2 fully saturated rings. The zero-order valence-corrected chi connectivity index (χ0v) is 11.8. The van der Waals surface area contributed by atoms with Crippen LogP contribution >= 0.6 is 0 Å². The minimum atomic E-state index is 1.07. The first kappa shape index (κ1) is 11.6. The van der Waals surface area contributed by atoms with Crippen molar-refractivity contribution in [1.29, 1.82) is 0 Å². The summed E-state index contributed by atoms with van der Waals surface area (Å²) in [5.41, 5.74) is 3.86. The zero-order chi connectivity index (χ0) is 11.9. The Morgan fingerprint density at radius 3 is 2.28 bits per heavy atom. The highest BCUT2D eigenvalue weighted by Gasteiger charge is 2.34. The van der Waals surface area contributed by atoms with Crippen molar-refractivity contribution in [1.82, 2.24) is 0 Å². The van der Waals surface area contributed by atoms with Crippen LogP contribution < -0.4 is 0 Å². The summed E-state index contributed by atoms with van der Waals surface area (Å²) in [4.78, 5) is 0. The van der Waals surface area contributed by atoms with E-state index in [0.29, 0.717) is 0 Å². The van der Waals surface area contributed by atoms with E-state index in [1.165, 1.54) is 32.1 Å². The monoisotopic (exact) mass is 244 g/mol. The van der Waals surface area contributed by atoms with E-state index in [2.05, 4.69) is 0 Å². The van der Waals surface area contributed by atoms with Gasteiger partial charge in [0.05, 0.1) is 0 Å². The second-order valence-corrected chi connectivity index (χ2v) is 7.67. The van der Waals surface area contributed by atoms with Crippen LogP contribution in [-0.4, -0.2) is 0 Å². The Morgan fingerprint density at radius 2 is 1.28 bits per heavy atom. The molecule has 2 saturated carbocycles. The van der Waals surface area contributed by atoms with Crippen LogP contribution in [0.2, 0.25) is 0 Å². The first-order chi connectivity index (χ1) is 8.88. The highest BCUT2D eigenvalue weighted by molar-refractivity contribution is 5.19. The minimum absolute atomic E-state index is 1.07. The summed E-state index contributed by atoms with van der Waals surface area (Å²) >= 11 is 0. The van der Waals surface area contributed by atoms with Gasteiger partial charge >= 0.3 is 0 Å². The van der Waals surface area contributed by atoms with Gasteiger partial charge in [-0.3, -0.25) is 0 Å². The van der Waals surface area contributed by atoms with E-state index in [9.17, 15) is 0 Å². The van der Waals surface area contributed by atoms with Gasteiger partial charge in [-0.25, -0.2) is 0 Å². The molecule has 4 atom stereocenters. The predicted octanol–water partition coefficient (Wildman–Crippen LogP) is 5.48. The van der Waals surface area contributed by atoms with E-state index in [4.69, 9.17) is 0 Å². The lowest BCUT2D eigenvalue weighted by molar-refractivity contribution is 0.137. The average Bonchev–Trinajstić information content (AvgIpc) is 2.37. The van der Waals surface area contributed by atoms with Gasteiger partial charge in [0.1, 0.15) is 0 Å². The number of allylic oxidation sites excluding steroid dienone is 2. The van der Waals surface area contributed by atoms with E-state index < -0.39 is 0 Å². The first-order valence-corrected chi connectivity index (χ1v) is 8.58. The summed E-state index contributed by atoms with van der Waals surface area (Å²) in [7, 11) is 0. The van der Waals surface area contributed by atoms with Gasteiger partial charge in [-0.1, -0.05) is 24.0 Å². The van der Waals surface area contributed by atoms with E-state index >= 15 is 0 Å². The van der Waals surface area contributed by atoms with Crippen LogP contribution in [0, 0.1) is 23.7 Å². The Balaban J connectivity index is 1.67. The lowest BCUT2D eigenvalue weighted by Gasteiger charge is -2.42. The summed E-state index contributed by atoms with van der Waals surface area (Å²) < 4.78 is 0. The smallest absolute Gasteiger partial charge is 0.0289 e. The van der Waals surface area contributed by atoms with Gasteiger partial charge in [-0.2, -0.15) is 0 Å². The van der Waals surface area contributed by atoms with Crippen LogP contribution in [0.15, 0.2) is 11.1 Å². The Morgan fingerprint density at radius 1 is 0.556 bits per heavy atom. The molecular formula is C18H28. The molecule has 4 rings (SSSR count). The molecular weight excluding hydrogens is 216 g/mol. The molecule has 18 heavy (non-hydrogen) atoms. The van der Waals surface area contributed by atoms with Gasteiger partial charge in [0, 0.05) is 0 Å². The van der Waals surface area contributed by atoms with Crippen molar-refractivity contribution in [2.45, 2.75) is 77.0 Å². The molecule has 0 heteroatoms. The molecule has 4 aliphatic rings. The van der Waals surface area contributed by atoms with Crippen LogP contribution in [0.1, 0.15) is 77.0 Å². The molecule has 0 heterocycles. The second-order valence-electron chi connectivity index (χ2n) is 7.67. The Bertz CT molecular complexity index is 351. The molecule has 0 radical (unpaired) electrons. The lowest BCUT2D eigenvalue weighted by Crippen LogP contribution is -2.29. The molecule has 4 unspecified atom stereocenters. The fourth-order valence-corrected chi connectivity index (χ4v) is 5.59. The summed E-state index contributed by atoms with van der Waals surface area (Å²) in [5, 5.41) is 0. The van der Waals surface area contributed by atoms with E-state index in [-0.39, 0.29) is 0 Å². The summed E-state index contributed by atoms with van der Waals surface area (Å²) in [6.07, 6.45) is 18.4. The highest BCUT2D eigenvalue weighted by atomic mass is 14.4. The summed E-state index contributed by atoms with van der Waals surface area (Å²) in [6.45, 7) is 0. The predicted molar refractivity (Wildman–Crippen MR) is 76.4 cm³/mol. The van der Waals surface area contributed by atoms with Crippen molar-refractivity contribution in [3.8, 4) is 0 Å². The first-order valence-electron chi connectivity index (χ1n) is 8.58. The van der Waals surface area contributed by atoms with Crippen molar-refractivity contribution < 1.29 is 0 Å². The fraction of sp³-hybridized carbons (Fsp3) is 0.889. The lowest BCUT2D eigenvalue weighted by atomic mass is 9.64. The van der Waals surface area contributed by atoms with Gasteiger partial charge in [-0.15, -0.1) is 0 Å². The highest BCUT2D eigenvalue weighted by Crippen LogP contribution is 2.48. The van der Waals surface area contributed by atoms with Crippen molar-refractivity contribution in [3.05, 3.63) is 11.1 Å². The van der Waals surface area contributed by atoms with Crippen molar-refractivity contribution in [2.24, 2.45) is 23.7 Å². The van der Waals surface area contributed by atoms with Gasteiger partial charge in [0.25, 0.3) is 0 Å². The quantitative estimate of drug-likeness (QED) is 0.495. The maximum atomic E-state index is 1.94. The van der Waals surface area contributed by atoms with Gasteiger partial charge in [0.15, 0.2) is 0 Å². The van der Waals surface area contributed by atoms with Gasteiger partial charge in [-0.05, 0) is 87.9 Å². The molecule has 0 aliphatic heterocycles. The SMILES string of the molecule is C1CC2CCC3CCC4CCC1=C(CCC4C3)C2. The normalized spacial score (nSPS) is 44.0. The summed E-state index contributed by atoms with van der Waals surface area (Å²) in [6, 6.07) is 0. The third kappa shape index (κ3) is 2.06. The van der Waals surface area contributed by atoms with Crippen LogP contribution in [0.4, 0.5) is 0 Å². The Kier molecular flexibility index (Phi) is 3.01. The van der Waals surface area contributed by atoms with E-state index in [0.717, 1.165) is 23.7 Å². The maximum absolute atomic E-state index is 1.94. The molecule has 0 spiro atoms. The van der Waals surface area contributed by atoms with Crippen molar-refractivity contribution in [3.63, 3.8) is 0 Å². The third-order valence-electron chi connectivity index (χ3n) is 6.75. The molecule has 0 saturated heterocycles. The molecule has 0 aromatic rings. The number of hydrogen-bond donors (Lipinski definition) is 0.